The van der Waals surface area contributed by atoms with Crippen molar-refractivity contribution < 1.29 is 18.8 Å². The molecule has 0 unspecified atom stereocenters. The highest BCUT2D eigenvalue weighted by Crippen LogP contribution is 2.42. The Morgan fingerprint density at radius 2 is 2.30 bits per heavy atom. The van der Waals surface area contributed by atoms with E-state index in [1.165, 1.54) is 0 Å². The smallest absolute Gasteiger partial charge is 0.379 e. The zero-order valence-corrected chi connectivity index (χ0v) is 16.2. The van der Waals surface area contributed by atoms with Gasteiger partial charge in [-0.1, -0.05) is 5.92 Å². The molecule has 3 aromatic rings. The average molecular weight is 403 g/mol. The highest BCUT2D eigenvalue weighted by molar-refractivity contribution is 5.99. The van der Waals surface area contributed by atoms with E-state index >= 15 is 0 Å². The first kappa shape index (κ1) is 18.1. The molecule has 0 N–H and O–H groups in total. The number of carbonyl (C=O) groups excluding carboxylic acids is 2. The molecule has 30 heavy (non-hydrogen) atoms. The van der Waals surface area contributed by atoms with Crippen LogP contribution in [0.1, 0.15) is 58.0 Å². The fraction of sp³-hybridized carbons (Fsp3) is 0.286. The van der Waals surface area contributed by atoms with Crippen molar-refractivity contribution in [1.82, 2.24) is 24.6 Å². The molecule has 0 saturated carbocycles. The fourth-order valence-electron chi connectivity index (χ4n) is 4.09. The molecule has 2 aromatic heterocycles. The summed E-state index contributed by atoms with van der Waals surface area (Å²) in [5.74, 6) is 1.79. The van der Waals surface area contributed by atoms with Crippen molar-refractivity contribution in [2.75, 3.05) is 13.2 Å². The monoisotopic (exact) mass is 403 g/mol. The minimum atomic E-state index is -0.664. The Labute approximate surface area is 171 Å². The van der Waals surface area contributed by atoms with Crippen molar-refractivity contribution in [2.45, 2.75) is 25.8 Å². The van der Waals surface area contributed by atoms with E-state index < -0.39 is 5.97 Å². The third-order valence-corrected chi connectivity index (χ3v) is 5.37. The second-order valence-electron chi connectivity index (χ2n) is 7.02. The van der Waals surface area contributed by atoms with Gasteiger partial charge < -0.3 is 14.2 Å². The molecular formula is C21H17N5O4. The van der Waals surface area contributed by atoms with Gasteiger partial charge >= 0.3 is 5.97 Å². The van der Waals surface area contributed by atoms with Gasteiger partial charge in [-0.05, 0) is 43.1 Å². The SMILES string of the molecule is C#Cc1ccc2c(c1)C(=O)N1CCC[C@H]1c1c(-c3nc(C(=O)OCC)no3)ncn1-2. The van der Waals surface area contributed by atoms with Crippen LogP contribution < -0.4 is 0 Å². The van der Waals surface area contributed by atoms with Crippen LogP contribution in [0.4, 0.5) is 0 Å². The van der Waals surface area contributed by atoms with Gasteiger partial charge in [0.1, 0.15) is 6.33 Å². The van der Waals surface area contributed by atoms with Crippen LogP contribution in [-0.4, -0.2) is 49.6 Å². The largest absolute Gasteiger partial charge is 0.460 e. The molecule has 2 aliphatic rings. The average Bonchev–Trinajstić information content (AvgIpc) is 3.50. The van der Waals surface area contributed by atoms with Gasteiger partial charge in [0.2, 0.25) is 0 Å². The van der Waals surface area contributed by atoms with Crippen molar-refractivity contribution in [1.29, 1.82) is 0 Å². The molecule has 4 heterocycles. The molecule has 1 aromatic carbocycles. The van der Waals surface area contributed by atoms with Gasteiger partial charge in [0, 0.05) is 12.1 Å². The minimum Gasteiger partial charge on any atom is -0.460 e. The Kier molecular flexibility index (Phi) is 4.13. The predicted molar refractivity (Wildman–Crippen MR) is 104 cm³/mol. The van der Waals surface area contributed by atoms with E-state index in [0.29, 0.717) is 29.1 Å². The molecule has 0 bridgehead atoms. The summed E-state index contributed by atoms with van der Waals surface area (Å²) in [6, 6.07) is 5.14. The van der Waals surface area contributed by atoms with Crippen molar-refractivity contribution in [3.8, 4) is 29.6 Å². The van der Waals surface area contributed by atoms with Crippen LogP contribution >= 0.6 is 0 Å². The van der Waals surface area contributed by atoms with Gasteiger partial charge in [0.05, 0.1) is 29.6 Å². The zero-order valence-electron chi connectivity index (χ0n) is 16.2. The maximum Gasteiger partial charge on any atom is 0.379 e. The molecule has 2 aliphatic heterocycles. The molecule has 1 atom stereocenters. The summed E-state index contributed by atoms with van der Waals surface area (Å²) in [5.41, 5.74) is 3.06. The summed E-state index contributed by atoms with van der Waals surface area (Å²) in [4.78, 5) is 35.7. The van der Waals surface area contributed by atoms with Gasteiger partial charge in [0.15, 0.2) is 5.69 Å². The Balaban J connectivity index is 1.68. The molecule has 1 amide bonds. The van der Waals surface area contributed by atoms with E-state index in [1.54, 1.807) is 25.4 Å². The number of amides is 1. The molecule has 0 spiro atoms. The number of aromatic nitrogens is 4. The summed E-state index contributed by atoms with van der Waals surface area (Å²) in [7, 11) is 0. The highest BCUT2D eigenvalue weighted by atomic mass is 16.5. The first-order valence-electron chi connectivity index (χ1n) is 9.62. The number of hydrogen-bond acceptors (Lipinski definition) is 7. The van der Waals surface area contributed by atoms with Crippen molar-refractivity contribution in [3.05, 3.63) is 47.2 Å². The van der Waals surface area contributed by atoms with Gasteiger partial charge in [-0.2, -0.15) is 4.98 Å². The van der Waals surface area contributed by atoms with Crippen LogP contribution in [0.3, 0.4) is 0 Å². The number of terminal acetylenes is 1. The van der Waals surface area contributed by atoms with Gasteiger partial charge in [-0.25, -0.2) is 9.78 Å². The molecule has 1 saturated heterocycles. The van der Waals surface area contributed by atoms with Crippen LogP contribution in [-0.2, 0) is 4.74 Å². The number of hydrogen-bond donors (Lipinski definition) is 0. The Bertz CT molecular complexity index is 1220. The van der Waals surface area contributed by atoms with Crippen molar-refractivity contribution in [3.63, 3.8) is 0 Å². The molecule has 5 rings (SSSR count). The van der Waals surface area contributed by atoms with E-state index in [9.17, 15) is 9.59 Å². The third kappa shape index (κ3) is 2.61. The summed E-state index contributed by atoms with van der Waals surface area (Å²) >= 11 is 0. The molecular weight excluding hydrogens is 386 g/mol. The number of imidazole rings is 1. The van der Waals surface area contributed by atoms with Crippen LogP contribution in [0.15, 0.2) is 29.0 Å². The summed E-state index contributed by atoms with van der Waals surface area (Å²) < 4.78 is 12.1. The lowest BCUT2D eigenvalue weighted by atomic mass is 10.1. The number of benzene rings is 1. The van der Waals surface area contributed by atoms with Crippen LogP contribution in [0.5, 0.6) is 0 Å². The second-order valence-corrected chi connectivity index (χ2v) is 7.02. The quantitative estimate of drug-likeness (QED) is 0.488. The van der Waals surface area contributed by atoms with E-state index in [4.69, 9.17) is 15.7 Å². The normalized spacial score (nSPS) is 17.0. The number of ether oxygens (including phenoxy) is 1. The van der Waals surface area contributed by atoms with Gasteiger partial charge in [0.25, 0.3) is 17.6 Å². The summed E-state index contributed by atoms with van der Waals surface area (Å²) in [5, 5.41) is 3.72. The van der Waals surface area contributed by atoms with Gasteiger partial charge in [-0.3, -0.25) is 9.36 Å². The number of nitrogens with zero attached hydrogens (tertiary/aromatic N) is 5. The number of fused-ring (bicyclic) bond motifs is 5. The Morgan fingerprint density at radius 3 is 3.10 bits per heavy atom. The first-order valence-corrected chi connectivity index (χ1v) is 9.62. The second kappa shape index (κ2) is 6.84. The maximum absolute atomic E-state index is 13.3. The van der Waals surface area contributed by atoms with E-state index in [2.05, 4.69) is 21.0 Å². The van der Waals surface area contributed by atoms with Crippen molar-refractivity contribution in [2.24, 2.45) is 0 Å². The van der Waals surface area contributed by atoms with E-state index in [1.807, 2.05) is 15.5 Å². The maximum atomic E-state index is 13.3. The van der Waals surface area contributed by atoms with Crippen LogP contribution in [0.2, 0.25) is 0 Å². The standard InChI is InChI=1S/C21H17N5O4/c1-3-12-7-8-14-13(10-12)20(27)25-9-5-6-15(25)17-16(22-11-26(14)17)19-23-18(24-30-19)21(28)29-4-2/h1,7-8,10-11,15H,4-6,9H2,2H3/t15-/m0/s1. The van der Waals surface area contributed by atoms with E-state index in [0.717, 1.165) is 18.5 Å². The Morgan fingerprint density at radius 1 is 1.43 bits per heavy atom. The lowest BCUT2D eigenvalue weighted by Crippen LogP contribution is -2.29. The van der Waals surface area contributed by atoms with Crippen LogP contribution in [0.25, 0.3) is 17.3 Å². The number of carbonyl (C=O) groups is 2. The van der Waals surface area contributed by atoms with Crippen LogP contribution in [0, 0.1) is 12.3 Å². The molecule has 9 nitrogen and oxygen atoms in total. The molecule has 1 fully saturated rings. The highest BCUT2D eigenvalue weighted by Gasteiger charge is 2.40. The predicted octanol–water partition coefficient (Wildman–Crippen LogP) is 2.37. The van der Waals surface area contributed by atoms with Gasteiger partial charge in [-0.15, -0.1) is 6.42 Å². The number of rotatable bonds is 3. The lowest BCUT2D eigenvalue weighted by molar-refractivity contribution is 0.0508. The summed E-state index contributed by atoms with van der Waals surface area (Å²) in [6.07, 6.45) is 8.81. The van der Waals surface area contributed by atoms with Crippen molar-refractivity contribution >= 4 is 11.9 Å². The Hall–Kier alpha value is -3.93. The fourth-order valence-corrected chi connectivity index (χ4v) is 4.09. The molecule has 0 aliphatic carbocycles. The van der Waals surface area contributed by atoms with E-state index in [-0.39, 0.29) is 30.3 Å². The lowest BCUT2D eigenvalue weighted by Gasteiger charge is -2.22. The zero-order chi connectivity index (χ0) is 20.8. The molecule has 9 heteroatoms. The molecule has 150 valence electrons. The topological polar surface area (TPSA) is 103 Å². The summed E-state index contributed by atoms with van der Waals surface area (Å²) in [6.45, 7) is 2.53. The minimum absolute atomic E-state index is 0.0722. The molecule has 0 radical (unpaired) electrons. The first-order chi connectivity index (χ1) is 14.6. The number of esters is 1. The third-order valence-electron chi connectivity index (χ3n) is 5.37.